The number of hydrogen-bond donors (Lipinski definition) is 2. The summed E-state index contributed by atoms with van der Waals surface area (Å²) in [7, 11) is 0. The normalized spacial score (nSPS) is 12.6. The molecule has 2 N–H and O–H groups in total. The molecule has 7 nitrogen and oxygen atoms in total. The number of aromatic nitrogens is 5. The second-order valence-corrected chi connectivity index (χ2v) is 9.50. The molecule has 0 radical (unpaired) electrons. The number of anilines is 1. The van der Waals surface area contributed by atoms with Gasteiger partial charge in [0.25, 0.3) is 0 Å². The van der Waals surface area contributed by atoms with Crippen LogP contribution in [0.5, 0.6) is 0 Å². The molecule has 0 saturated carbocycles. The fraction of sp³-hybridized carbons (Fsp3) is 0.185. The van der Waals surface area contributed by atoms with E-state index < -0.39 is 11.6 Å². The Morgan fingerprint density at radius 3 is 2.50 bits per heavy atom. The van der Waals surface area contributed by atoms with Crippen molar-refractivity contribution in [2.24, 2.45) is 0 Å². The lowest BCUT2D eigenvalue weighted by Gasteiger charge is -2.20. The predicted molar refractivity (Wildman–Crippen MR) is 139 cm³/mol. The van der Waals surface area contributed by atoms with E-state index in [1.165, 1.54) is 6.07 Å². The number of pyridine rings is 1. The van der Waals surface area contributed by atoms with E-state index in [-0.39, 0.29) is 5.82 Å². The molecular formula is C27H24ClFN6O. The Hall–Kier alpha value is -3.88. The highest BCUT2D eigenvalue weighted by Crippen LogP contribution is 2.35. The SMILES string of the molecule is CC(Nc1c(Cl)cnc2ccc(-c3cnc(C(C)(C)O)nc3)cc12)c1cc(-n2cccn2)ccc1F. The van der Waals surface area contributed by atoms with E-state index in [0.29, 0.717) is 22.1 Å². The lowest BCUT2D eigenvalue weighted by molar-refractivity contribution is 0.0687. The highest BCUT2D eigenvalue weighted by Gasteiger charge is 2.20. The van der Waals surface area contributed by atoms with Crippen LogP contribution in [0.3, 0.4) is 0 Å². The summed E-state index contributed by atoms with van der Waals surface area (Å²) in [6.07, 6.45) is 8.41. The summed E-state index contributed by atoms with van der Waals surface area (Å²) in [4.78, 5) is 13.1. The molecule has 0 amide bonds. The number of nitrogens with zero attached hydrogens (tertiary/aromatic N) is 5. The number of rotatable bonds is 6. The van der Waals surface area contributed by atoms with Crippen molar-refractivity contribution in [3.8, 4) is 16.8 Å². The van der Waals surface area contributed by atoms with Gasteiger partial charge < -0.3 is 10.4 Å². The Morgan fingerprint density at radius 2 is 1.81 bits per heavy atom. The van der Waals surface area contributed by atoms with Gasteiger partial charge in [-0.15, -0.1) is 0 Å². The van der Waals surface area contributed by atoms with E-state index in [0.717, 1.165) is 27.7 Å². The number of aliphatic hydroxyl groups is 1. The quantitative estimate of drug-likeness (QED) is 0.293. The van der Waals surface area contributed by atoms with E-state index in [4.69, 9.17) is 11.6 Å². The van der Waals surface area contributed by atoms with Crippen molar-refractivity contribution in [2.45, 2.75) is 32.4 Å². The number of fused-ring (bicyclic) bond motifs is 1. The van der Waals surface area contributed by atoms with Crippen molar-refractivity contribution >= 4 is 28.2 Å². The molecule has 182 valence electrons. The second kappa shape index (κ2) is 9.29. The molecule has 36 heavy (non-hydrogen) atoms. The summed E-state index contributed by atoms with van der Waals surface area (Å²) >= 11 is 6.57. The van der Waals surface area contributed by atoms with Crippen molar-refractivity contribution in [1.29, 1.82) is 0 Å². The number of halogens is 2. The third-order valence-electron chi connectivity index (χ3n) is 5.93. The molecule has 0 saturated heterocycles. The minimum absolute atomic E-state index is 0.329. The molecule has 1 atom stereocenters. The minimum Gasteiger partial charge on any atom is -0.382 e. The van der Waals surface area contributed by atoms with Crippen LogP contribution in [0.4, 0.5) is 10.1 Å². The van der Waals surface area contributed by atoms with Crippen LogP contribution in [0, 0.1) is 5.82 Å². The fourth-order valence-corrected chi connectivity index (χ4v) is 4.21. The first kappa shape index (κ1) is 23.8. The fourth-order valence-electron chi connectivity index (χ4n) is 4.01. The minimum atomic E-state index is -1.13. The van der Waals surface area contributed by atoms with E-state index in [1.54, 1.807) is 55.4 Å². The Kier molecular flexibility index (Phi) is 6.15. The lowest BCUT2D eigenvalue weighted by atomic mass is 10.0. The van der Waals surface area contributed by atoms with Gasteiger partial charge in [0.1, 0.15) is 11.4 Å². The zero-order valence-electron chi connectivity index (χ0n) is 19.9. The third-order valence-corrected chi connectivity index (χ3v) is 6.22. The zero-order valence-corrected chi connectivity index (χ0v) is 20.7. The van der Waals surface area contributed by atoms with Gasteiger partial charge in [-0.2, -0.15) is 5.10 Å². The summed E-state index contributed by atoms with van der Waals surface area (Å²) in [5, 5.41) is 19.0. The van der Waals surface area contributed by atoms with Gasteiger partial charge in [-0.25, -0.2) is 19.0 Å². The molecule has 5 rings (SSSR count). The van der Waals surface area contributed by atoms with Crippen LogP contribution in [-0.4, -0.2) is 29.8 Å². The van der Waals surface area contributed by atoms with Crippen molar-refractivity contribution in [1.82, 2.24) is 24.7 Å². The van der Waals surface area contributed by atoms with Crippen LogP contribution < -0.4 is 5.32 Å². The Balaban J connectivity index is 1.52. The molecule has 0 aliphatic rings. The van der Waals surface area contributed by atoms with Crippen LogP contribution in [0.2, 0.25) is 5.02 Å². The van der Waals surface area contributed by atoms with Crippen LogP contribution in [-0.2, 0) is 5.60 Å². The van der Waals surface area contributed by atoms with E-state index in [1.807, 2.05) is 37.4 Å². The molecule has 0 fully saturated rings. The molecule has 3 heterocycles. The van der Waals surface area contributed by atoms with Gasteiger partial charge in [0.05, 0.1) is 28.0 Å². The Bertz CT molecular complexity index is 1530. The van der Waals surface area contributed by atoms with Gasteiger partial charge in [-0.1, -0.05) is 17.7 Å². The second-order valence-electron chi connectivity index (χ2n) is 9.09. The van der Waals surface area contributed by atoms with E-state index in [2.05, 4.69) is 25.4 Å². The number of hydrogen-bond acceptors (Lipinski definition) is 6. The Labute approximate surface area is 212 Å². The summed E-state index contributed by atoms with van der Waals surface area (Å²) < 4.78 is 16.5. The van der Waals surface area contributed by atoms with Gasteiger partial charge in [0.2, 0.25) is 0 Å². The van der Waals surface area contributed by atoms with Crippen LogP contribution >= 0.6 is 11.6 Å². The summed E-state index contributed by atoms with van der Waals surface area (Å²) in [6, 6.07) is 12.1. The monoisotopic (exact) mass is 502 g/mol. The van der Waals surface area contributed by atoms with Crippen molar-refractivity contribution in [3.05, 3.63) is 95.7 Å². The van der Waals surface area contributed by atoms with Gasteiger partial charge >= 0.3 is 0 Å². The first-order valence-corrected chi connectivity index (χ1v) is 11.8. The molecule has 5 aromatic rings. The van der Waals surface area contributed by atoms with Gasteiger partial charge in [-0.3, -0.25) is 4.98 Å². The van der Waals surface area contributed by atoms with E-state index in [9.17, 15) is 9.50 Å². The molecule has 0 aliphatic carbocycles. The number of nitrogens with one attached hydrogen (secondary N) is 1. The van der Waals surface area contributed by atoms with Crippen LogP contribution in [0.15, 0.2) is 73.4 Å². The highest BCUT2D eigenvalue weighted by atomic mass is 35.5. The summed E-state index contributed by atoms with van der Waals surface area (Å²) in [5.41, 5.74) is 3.13. The van der Waals surface area contributed by atoms with Crippen molar-refractivity contribution in [2.75, 3.05) is 5.32 Å². The van der Waals surface area contributed by atoms with Gasteiger partial charge in [-0.05, 0) is 62.7 Å². The maximum Gasteiger partial charge on any atom is 0.159 e. The van der Waals surface area contributed by atoms with Gasteiger partial charge in [0.15, 0.2) is 5.82 Å². The van der Waals surface area contributed by atoms with Crippen molar-refractivity contribution < 1.29 is 9.50 Å². The van der Waals surface area contributed by atoms with Crippen molar-refractivity contribution in [3.63, 3.8) is 0 Å². The summed E-state index contributed by atoms with van der Waals surface area (Å²) in [5.74, 6) is 0.0115. The highest BCUT2D eigenvalue weighted by molar-refractivity contribution is 6.34. The molecule has 1 unspecified atom stereocenters. The molecule has 9 heteroatoms. The molecule has 0 aliphatic heterocycles. The first-order chi connectivity index (χ1) is 17.2. The lowest BCUT2D eigenvalue weighted by Crippen LogP contribution is -2.19. The molecule has 2 aromatic carbocycles. The average Bonchev–Trinajstić information content (AvgIpc) is 3.40. The van der Waals surface area contributed by atoms with Gasteiger partial charge in [0, 0.05) is 47.5 Å². The topological polar surface area (TPSA) is 88.8 Å². The average molecular weight is 503 g/mol. The predicted octanol–water partition coefficient (Wildman–Crippen LogP) is 6.07. The Morgan fingerprint density at radius 1 is 1.03 bits per heavy atom. The van der Waals surface area contributed by atoms with Crippen LogP contribution in [0.1, 0.15) is 38.2 Å². The number of benzene rings is 2. The molecule has 0 spiro atoms. The standard InChI is InChI=1S/C27H24ClFN6O/c1-16(20-12-19(6-7-23(20)29)35-10-4-9-33-35)34-25-21-11-17(5-8-24(21)30-15-22(25)28)18-13-31-26(32-14-18)27(2,3)36/h4-16,36H,1-3H3,(H,30,34). The first-order valence-electron chi connectivity index (χ1n) is 11.4. The third kappa shape index (κ3) is 4.65. The maximum atomic E-state index is 14.8. The molecule has 3 aromatic heterocycles. The maximum absolute atomic E-state index is 14.8. The summed E-state index contributed by atoms with van der Waals surface area (Å²) in [6.45, 7) is 5.15. The largest absolute Gasteiger partial charge is 0.382 e. The zero-order chi connectivity index (χ0) is 25.4. The van der Waals surface area contributed by atoms with Crippen LogP contribution in [0.25, 0.3) is 27.7 Å². The van der Waals surface area contributed by atoms with E-state index >= 15 is 0 Å². The molecular weight excluding hydrogens is 479 g/mol. The molecule has 0 bridgehead atoms. The smallest absolute Gasteiger partial charge is 0.159 e.